The van der Waals surface area contributed by atoms with Crippen LogP contribution in [0.4, 0.5) is 4.39 Å². The normalized spacial score (nSPS) is 22.7. The van der Waals surface area contributed by atoms with E-state index in [2.05, 4.69) is 5.32 Å². The van der Waals surface area contributed by atoms with Gasteiger partial charge in [-0.1, -0.05) is 19.3 Å². The van der Waals surface area contributed by atoms with Gasteiger partial charge in [0, 0.05) is 11.5 Å². The molecule has 2 aliphatic rings. The molecule has 0 aromatic heterocycles. The number of hydrogen-bond acceptors (Lipinski definition) is 2. The molecule has 3 rings (SSSR count). The molecule has 1 aromatic carbocycles. The second-order valence-corrected chi connectivity index (χ2v) is 5.39. The highest BCUT2D eigenvalue weighted by Gasteiger charge is 2.29. The highest BCUT2D eigenvalue weighted by atomic mass is 19.1. The van der Waals surface area contributed by atoms with Crippen molar-refractivity contribution in [3.05, 3.63) is 29.6 Å². The Morgan fingerprint density at radius 3 is 2.84 bits per heavy atom. The van der Waals surface area contributed by atoms with Crippen molar-refractivity contribution >= 4 is 5.91 Å². The van der Waals surface area contributed by atoms with Crippen LogP contribution in [0.2, 0.25) is 0 Å². The summed E-state index contributed by atoms with van der Waals surface area (Å²) in [6.07, 6.45) is 5.42. The van der Waals surface area contributed by atoms with Gasteiger partial charge in [0.05, 0.1) is 6.04 Å². The van der Waals surface area contributed by atoms with Crippen LogP contribution in [0.5, 0.6) is 5.75 Å². The van der Waals surface area contributed by atoms with E-state index in [0.29, 0.717) is 12.4 Å². The molecular formula is C15H18FNO2. The Morgan fingerprint density at radius 2 is 2.05 bits per heavy atom. The number of nitrogens with one attached hydrogen (secondary N) is 1. The van der Waals surface area contributed by atoms with Crippen molar-refractivity contribution in [2.75, 3.05) is 6.61 Å². The monoisotopic (exact) mass is 263 g/mol. The Kier molecular flexibility index (Phi) is 3.40. The standard InChI is InChI=1S/C15H18FNO2/c16-11-6-7-14-12(8-11)13(9-19-14)17-15(18)10-4-2-1-3-5-10/h6-8,10,13H,1-5,9H2,(H,17,18). The first-order valence-electron chi connectivity index (χ1n) is 6.96. The molecule has 0 bridgehead atoms. The number of amides is 1. The van der Waals surface area contributed by atoms with E-state index in [9.17, 15) is 9.18 Å². The van der Waals surface area contributed by atoms with Gasteiger partial charge in [-0.15, -0.1) is 0 Å². The molecule has 1 saturated carbocycles. The molecule has 1 heterocycles. The van der Waals surface area contributed by atoms with Crippen molar-refractivity contribution in [2.45, 2.75) is 38.1 Å². The van der Waals surface area contributed by atoms with Gasteiger partial charge in [-0.25, -0.2) is 4.39 Å². The predicted molar refractivity (Wildman–Crippen MR) is 69.4 cm³/mol. The van der Waals surface area contributed by atoms with Gasteiger partial charge in [-0.05, 0) is 31.0 Å². The lowest BCUT2D eigenvalue weighted by molar-refractivity contribution is -0.126. The maximum atomic E-state index is 13.3. The Balaban J connectivity index is 1.68. The lowest BCUT2D eigenvalue weighted by Gasteiger charge is -2.22. The third-order valence-corrected chi connectivity index (χ3v) is 4.05. The topological polar surface area (TPSA) is 38.3 Å². The average Bonchev–Trinajstić information content (AvgIpc) is 2.82. The van der Waals surface area contributed by atoms with E-state index < -0.39 is 0 Å². The first kappa shape index (κ1) is 12.5. The van der Waals surface area contributed by atoms with Crippen LogP contribution in [0.3, 0.4) is 0 Å². The van der Waals surface area contributed by atoms with E-state index in [1.807, 2.05) is 0 Å². The van der Waals surface area contributed by atoms with Crippen molar-refractivity contribution in [3.8, 4) is 5.75 Å². The minimum atomic E-state index is -0.291. The van der Waals surface area contributed by atoms with Gasteiger partial charge in [0.2, 0.25) is 5.91 Å². The fraction of sp³-hybridized carbons (Fsp3) is 0.533. The number of hydrogen-bond donors (Lipinski definition) is 1. The van der Waals surface area contributed by atoms with E-state index in [1.54, 1.807) is 6.07 Å². The smallest absolute Gasteiger partial charge is 0.223 e. The predicted octanol–water partition coefficient (Wildman–Crippen LogP) is 2.96. The zero-order valence-corrected chi connectivity index (χ0v) is 10.8. The van der Waals surface area contributed by atoms with Crippen LogP contribution >= 0.6 is 0 Å². The van der Waals surface area contributed by atoms with E-state index in [0.717, 1.165) is 31.2 Å². The molecule has 1 fully saturated rings. The first-order chi connectivity index (χ1) is 9.24. The van der Waals surface area contributed by atoms with Crippen LogP contribution in [-0.2, 0) is 4.79 Å². The number of carbonyl (C=O) groups excluding carboxylic acids is 1. The molecule has 102 valence electrons. The first-order valence-corrected chi connectivity index (χ1v) is 6.96. The molecular weight excluding hydrogens is 245 g/mol. The summed E-state index contributed by atoms with van der Waals surface area (Å²) in [6, 6.07) is 4.25. The Hall–Kier alpha value is -1.58. The number of ether oxygens (including phenoxy) is 1. The van der Waals surface area contributed by atoms with Gasteiger partial charge in [0.1, 0.15) is 18.2 Å². The molecule has 1 amide bonds. The molecule has 1 atom stereocenters. The molecule has 4 heteroatoms. The van der Waals surface area contributed by atoms with Crippen LogP contribution in [0.25, 0.3) is 0 Å². The molecule has 1 aliphatic heterocycles. The lowest BCUT2D eigenvalue weighted by Crippen LogP contribution is -2.35. The minimum Gasteiger partial charge on any atom is -0.491 e. The summed E-state index contributed by atoms with van der Waals surface area (Å²) in [7, 11) is 0. The maximum Gasteiger partial charge on any atom is 0.223 e. The largest absolute Gasteiger partial charge is 0.491 e. The van der Waals surface area contributed by atoms with Crippen molar-refractivity contribution < 1.29 is 13.9 Å². The van der Waals surface area contributed by atoms with Gasteiger partial charge in [0.15, 0.2) is 0 Å². The van der Waals surface area contributed by atoms with Crippen molar-refractivity contribution in [2.24, 2.45) is 5.92 Å². The van der Waals surface area contributed by atoms with Crippen LogP contribution in [-0.4, -0.2) is 12.5 Å². The number of rotatable bonds is 2. The fourth-order valence-electron chi connectivity index (χ4n) is 2.96. The van der Waals surface area contributed by atoms with Crippen molar-refractivity contribution in [1.82, 2.24) is 5.32 Å². The van der Waals surface area contributed by atoms with Crippen molar-refractivity contribution in [1.29, 1.82) is 0 Å². The van der Waals surface area contributed by atoms with E-state index >= 15 is 0 Å². The van der Waals surface area contributed by atoms with Crippen molar-refractivity contribution in [3.63, 3.8) is 0 Å². The molecule has 1 unspecified atom stereocenters. The quantitative estimate of drug-likeness (QED) is 0.891. The van der Waals surface area contributed by atoms with Gasteiger partial charge in [-0.3, -0.25) is 4.79 Å². The Morgan fingerprint density at radius 1 is 1.26 bits per heavy atom. The van der Waals surface area contributed by atoms with E-state index in [1.165, 1.54) is 18.6 Å². The molecule has 0 saturated heterocycles. The van der Waals surface area contributed by atoms with Gasteiger partial charge in [-0.2, -0.15) is 0 Å². The Labute approximate surface area is 112 Å². The highest BCUT2D eigenvalue weighted by Crippen LogP contribution is 2.33. The molecule has 3 nitrogen and oxygen atoms in total. The summed E-state index contributed by atoms with van der Waals surface area (Å²) in [4.78, 5) is 12.2. The van der Waals surface area contributed by atoms with Crippen LogP contribution in [0.15, 0.2) is 18.2 Å². The zero-order valence-electron chi connectivity index (χ0n) is 10.8. The molecule has 0 radical (unpaired) electrons. The summed E-state index contributed by atoms with van der Waals surface area (Å²) >= 11 is 0. The third kappa shape index (κ3) is 2.57. The molecule has 1 N–H and O–H groups in total. The fourth-order valence-corrected chi connectivity index (χ4v) is 2.96. The van der Waals surface area contributed by atoms with Gasteiger partial charge < -0.3 is 10.1 Å². The summed E-state index contributed by atoms with van der Waals surface area (Å²) in [5, 5.41) is 3.00. The molecule has 19 heavy (non-hydrogen) atoms. The van der Waals surface area contributed by atoms with E-state index in [4.69, 9.17) is 4.74 Å². The van der Waals surface area contributed by atoms with E-state index in [-0.39, 0.29) is 23.7 Å². The summed E-state index contributed by atoms with van der Waals surface area (Å²) in [6.45, 7) is 0.400. The van der Waals surface area contributed by atoms with Crippen LogP contribution in [0.1, 0.15) is 43.7 Å². The number of fused-ring (bicyclic) bond motifs is 1. The summed E-state index contributed by atoms with van der Waals surface area (Å²) in [5.74, 6) is 0.591. The minimum absolute atomic E-state index is 0.0883. The Bertz CT molecular complexity index is 483. The summed E-state index contributed by atoms with van der Waals surface area (Å²) < 4.78 is 18.7. The molecule has 0 spiro atoms. The maximum absolute atomic E-state index is 13.3. The second-order valence-electron chi connectivity index (χ2n) is 5.39. The lowest BCUT2D eigenvalue weighted by atomic mass is 9.88. The number of benzene rings is 1. The summed E-state index contributed by atoms with van der Waals surface area (Å²) in [5.41, 5.74) is 0.754. The highest BCUT2D eigenvalue weighted by molar-refractivity contribution is 5.79. The third-order valence-electron chi connectivity index (χ3n) is 4.05. The van der Waals surface area contributed by atoms with Gasteiger partial charge >= 0.3 is 0 Å². The number of carbonyl (C=O) groups is 1. The SMILES string of the molecule is O=C(NC1COc2ccc(F)cc21)C1CCCCC1. The molecule has 1 aromatic rings. The molecule has 1 aliphatic carbocycles. The zero-order chi connectivity index (χ0) is 13.2. The van der Waals surface area contributed by atoms with Gasteiger partial charge in [0.25, 0.3) is 0 Å². The van der Waals surface area contributed by atoms with Crippen LogP contribution < -0.4 is 10.1 Å². The second kappa shape index (κ2) is 5.19. The van der Waals surface area contributed by atoms with Crippen LogP contribution in [0, 0.1) is 11.7 Å². The average molecular weight is 263 g/mol. The number of halogens is 1.